The molecule has 29 heavy (non-hydrogen) atoms. The Morgan fingerprint density at radius 3 is 2.69 bits per heavy atom. The van der Waals surface area contributed by atoms with Crippen molar-refractivity contribution in [3.8, 4) is 11.5 Å². The molecule has 0 saturated carbocycles. The number of ether oxygens (including phenoxy) is 1. The van der Waals surface area contributed by atoms with Gasteiger partial charge in [0.25, 0.3) is 5.91 Å². The minimum absolute atomic E-state index is 0.00103. The zero-order valence-electron chi connectivity index (χ0n) is 14.8. The Morgan fingerprint density at radius 1 is 1.31 bits per heavy atom. The quantitative estimate of drug-likeness (QED) is 0.295. The van der Waals surface area contributed by atoms with Gasteiger partial charge in [0, 0.05) is 0 Å². The number of carbonyl (C=O) groups is 1. The third-order valence-corrected chi connectivity index (χ3v) is 6.00. The van der Waals surface area contributed by atoms with Gasteiger partial charge in [-0.1, -0.05) is 30.0 Å². The first-order valence-electron chi connectivity index (χ1n) is 8.22. The Balaban J connectivity index is 1.96. The van der Waals surface area contributed by atoms with Crippen molar-refractivity contribution in [3.63, 3.8) is 0 Å². The molecule has 1 aliphatic heterocycles. The Morgan fingerprint density at radius 2 is 2.03 bits per heavy atom. The molecule has 0 unspecified atom stereocenters. The summed E-state index contributed by atoms with van der Waals surface area (Å²) < 4.78 is 45.1. The van der Waals surface area contributed by atoms with Gasteiger partial charge in [-0.2, -0.15) is 13.2 Å². The Hall–Kier alpha value is -1.79. The van der Waals surface area contributed by atoms with Crippen molar-refractivity contribution in [3.05, 3.63) is 56.0 Å². The van der Waals surface area contributed by atoms with Crippen LogP contribution in [-0.2, 0) is 11.0 Å². The molecule has 4 nitrogen and oxygen atoms in total. The van der Waals surface area contributed by atoms with Gasteiger partial charge >= 0.3 is 6.18 Å². The second-order valence-corrected chi connectivity index (χ2v) is 8.69. The van der Waals surface area contributed by atoms with Gasteiger partial charge in [0.1, 0.15) is 0 Å². The molecule has 0 bridgehead atoms. The van der Waals surface area contributed by atoms with E-state index in [4.69, 9.17) is 17.0 Å². The van der Waals surface area contributed by atoms with Crippen LogP contribution in [0.15, 0.2) is 41.3 Å². The van der Waals surface area contributed by atoms with Crippen molar-refractivity contribution in [2.75, 3.05) is 11.5 Å². The van der Waals surface area contributed by atoms with E-state index < -0.39 is 17.6 Å². The van der Waals surface area contributed by atoms with Crippen LogP contribution in [0.1, 0.15) is 18.1 Å². The van der Waals surface area contributed by atoms with E-state index in [1.807, 2.05) is 22.6 Å². The third-order valence-electron chi connectivity index (χ3n) is 3.87. The molecule has 0 aliphatic carbocycles. The monoisotopic (exact) mass is 551 g/mol. The number of anilines is 1. The largest absolute Gasteiger partial charge is 0.504 e. The number of hydrogen-bond acceptors (Lipinski definition) is 5. The number of amides is 1. The second-order valence-electron chi connectivity index (χ2n) is 5.85. The highest BCUT2D eigenvalue weighted by Crippen LogP contribution is 2.40. The van der Waals surface area contributed by atoms with Crippen LogP contribution in [-0.4, -0.2) is 21.9 Å². The summed E-state index contributed by atoms with van der Waals surface area (Å²) in [6.07, 6.45) is -2.96. The summed E-state index contributed by atoms with van der Waals surface area (Å²) in [4.78, 5) is 14.2. The van der Waals surface area contributed by atoms with E-state index in [0.29, 0.717) is 15.7 Å². The predicted molar refractivity (Wildman–Crippen MR) is 119 cm³/mol. The molecule has 3 rings (SSSR count). The molecule has 1 heterocycles. The zero-order chi connectivity index (χ0) is 21.3. The first-order valence-corrected chi connectivity index (χ1v) is 10.5. The van der Waals surface area contributed by atoms with Crippen molar-refractivity contribution in [1.82, 2.24) is 0 Å². The lowest BCUT2D eigenvalue weighted by molar-refractivity contribution is -0.137. The number of nitrogens with zero attached hydrogens (tertiary/aromatic N) is 1. The summed E-state index contributed by atoms with van der Waals surface area (Å²) in [6.45, 7) is 2.13. The highest BCUT2D eigenvalue weighted by molar-refractivity contribution is 14.1. The minimum Gasteiger partial charge on any atom is -0.504 e. The van der Waals surface area contributed by atoms with Crippen molar-refractivity contribution in [2.45, 2.75) is 13.1 Å². The first-order chi connectivity index (χ1) is 13.6. The molecule has 152 valence electrons. The molecule has 0 spiro atoms. The highest BCUT2D eigenvalue weighted by Gasteiger charge is 2.36. The van der Waals surface area contributed by atoms with Crippen molar-refractivity contribution >= 4 is 68.6 Å². The number of hydrogen-bond donors (Lipinski definition) is 1. The smallest absolute Gasteiger partial charge is 0.416 e. The average Bonchev–Trinajstić information content (AvgIpc) is 2.92. The number of thiocarbonyl (C=S) groups is 1. The minimum atomic E-state index is -4.52. The molecule has 10 heteroatoms. The third kappa shape index (κ3) is 4.69. The number of halogens is 4. The van der Waals surface area contributed by atoms with Crippen LogP contribution >= 0.6 is 46.6 Å². The molecule has 2 aromatic rings. The molecule has 1 aliphatic rings. The number of aromatic hydroxyl groups is 1. The van der Waals surface area contributed by atoms with Crippen LogP contribution in [0.3, 0.4) is 0 Å². The fraction of sp³-hybridized carbons (Fsp3) is 0.158. The number of carbonyl (C=O) groups excluding carboxylic acids is 1. The lowest BCUT2D eigenvalue weighted by atomic mass is 10.1. The van der Waals surface area contributed by atoms with Gasteiger partial charge in [0.15, 0.2) is 15.8 Å². The van der Waals surface area contributed by atoms with Crippen molar-refractivity contribution < 1.29 is 27.8 Å². The number of benzene rings is 2. The summed E-state index contributed by atoms with van der Waals surface area (Å²) in [5, 5.41) is 10.0. The summed E-state index contributed by atoms with van der Waals surface area (Å²) in [5.41, 5.74) is -0.205. The van der Waals surface area contributed by atoms with Gasteiger partial charge in [0.05, 0.1) is 26.3 Å². The van der Waals surface area contributed by atoms with Gasteiger partial charge in [0.2, 0.25) is 0 Å². The summed E-state index contributed by atoms with van der Waals surface area (Å²) >= 11 is 8.16. The highest BCUT2D eigenvalue weighted by atomic mass is 127. The van der Waals surface area contributed by atoms with Crippen LogP contribution in [0.4, 0.5) is 18.9 Å². The number of thioether (sulfide) groups is 1. The van der Waals surface area contributed by atoms with Gasteiger partial charge in [-0.05, 0) is 71.5 Å². The molecule has 0 aromatic heterocycles. The van der Waals surface area contributed by atoms with Gasteiger partial charge in [-0.15, -0.1) is 0 Å². The Bertz CT molecular complexity index is 1020. The predicted octanol–water partition coefficient (Wildman–Crippen LogP) is 5.82. The summed E-state index contributed by atoms with van der Waals surface area (Å²) in [5.74, 6) is -0.236. The van der Waals surface area contributed by atoms with Crippen LogP contribution in [0.25, 0.3) is 6.08 Å². The second kappa shape index (κ2) is 8.52. The number of phenolic OH excluding ortho intramolecular Hbond substituents is 1. The fourth-order valence-corrected chi connectivity index (χ4v) is 4.53. The first kappa shape index (κ1) is 21.9. The number of alkyl halides is 3. The molecule has 1 N–H and O–H groups in total. The molecular weight excluding hydrogens is 538 g/mol. The SMILES string of the molecule is CCOc1cc(/C=C2\SC(=S)N(c3cccc(C(F)(F)F)c3)C2=O)cc(I)c1O. The van der Waals surface area contributed by atoms with Crippen LogP contribution in [0, 0.1) is 3.57 Å². The van der Waals surface area contributed by atoms with E-state index >= 15 is 0 Å². The van der Waals surface area contributed by atoms with Gasteiger partial charge < -0.3 is 9.84 Å². The zero-order valence-corrected chi connectivity index (χ0v) is 18.6. The number of rotatable bonds is 4. The molecule has 0 atom stereocenters. The van der Waals surface area contributed by atoms with Gasteiger partial charge in [-0.25, -0.2) is 0 Å². The Kier molecular flexibility index (Phi) is 6.44. The standard InChI is InChI=1S/C19H13F3INO3S2/c1-2-27-14-7-10(6-13(23)16(14)25)8-15-17(26)24(18(28)29-15)12-5-3-4-11(9-12)19(20,21)22/h3-9,25H,2H2,1H3/b15-8-. The molecule has 1 fully saturated rings. The van der Waals surface area contributed by atoms with Crippen LogP contribution in [0.5, 0.6) is 11.5 Å². The summed E-state index contributed by atoms with van der Waals surface area (Å²) in [6, 6.07) is 7.71. The van der Waals surface area contributed by atoms with E-state index in [9.17, 15) is 23.1 Å². The lowest BCUT2D eigenvalue weighted by Crippen LogP contribution is -2.27. The van der Waals surface area contributed by atoms with Crippen molar-refractivity contribution in [1.29, 1.82) is 0 Å². The average molecular weight is 551 g/mol. The molecule has 1 amide bonds. The Labute approximate surface area is 187 Å². The fourth-order valence-electron chi connectivity index (χ4n) is 2.61. The molecular formula is C19H13F3INO3S2. The maximum Gasteiger partial charge on any atom is 0.416 e. The van der Waals surface area contributed by atoms with Crippen LogP contribution in [0.2, 0.25) is 0 Å². The van der Waals surface area contributed by atoms with E-state index in [1.165, 1.54) is 12.1 Å². The maximum absolute atomic E-state index is 13.0. The maximum atomic E-state index is 13.0. The normalized spacial score (nSPS) is 16.0. The van der Waals surface area contributed by atoms with Crippen LogP contribution < -0.4 is 9.64 Å². The van der Waals surface area contributed by atoms with Gasteiger partial charge in [-0.3, -0.25) is 9.69 Å². The number of phenols is 1. The molecule has 2 aromatic carbocycles. The van der Waals surface area contributed by atoms with E-state index in [2.05, 4.69) is 0 Å². The lowest BCUT2D eigenvalue weighted by Gasteiger charge is -2.16. The van der Waals surface area contributed by atoms with E-state index in [0.717, 1.165) is 28.8 Å². The van der Waals surface area contributed by atoms with Crippen molar-refractivity contribution in [2.24, 2.45) is 0 Å². The molecule has 1 saturated heterocycles. The van der Waals surface area contributed by atoms with E-state index in [1.54, 1.807) is 25.1 Å². The topological polar surface area (TPSA) is 49.8 Å². The van der Waals surface area contributed by atoms with E-state index in [-0.39, 0.29) is 26.4 Å². The molecule has 0 radical (unpaired) electrons. The summed E-state index contributed by atoms with van der Waals surface area (Å²) in [7, 11) is 0.